The Morgan fingerprint density at radius 2 is 2.00 bits per heavy atom. The normalized spacial score (nSPS) is 9.92. The molecule has 4 N–H and O–H groups in total. The number of hydrogen-bond acceptors (Lipinski definition) is 3. The molecular formula is C9H11NO3. The Kier molecular flexibility index (Phi) is 2.41. The number of phenolic OH excluding ortho intramolecular Hbond substituents is 1. The smallest absolute Gasteiger partial charge is 0.252 e. The van der Waals surface area contributed by atoms with Crippen molar-refractivity contribution in [3.8, 4) is 11.5 Å². The first-order valence-electron chi connectivity index (χ1n) is 3.91. The van der Waals surface area contributed by atoms with Crippen molar-refractivity contribution < 1.29 is 15.0 Å². The molecule has 0 fully saturated rings. The lowest BCUT2D eigenvalue weighted by atomic mass is 10.1. The second-order valence-corrected chi connectivity index (χ2v) is 2.72. The number of aromatic hydroxyl groups is 2. The predicted octanol–water partition coefficient (Wildman–Crippen LogP) is 0.759. The van der Waals surface area contributed by atoms with E-state index in [0.717, 1.165) is 6.07 Å². The summed E-state index contributed by atoms with van der Waals surface area (Å²) in [5.41, 5.74) is 5.63. The van der Waals surface area contributed by atoms with Crippen molar-refractivity contribution in [1.29, 1.82) is 0 Å². The number of aryl methyl sites for hydroxylation is 1. The number of hydrogen-bond donors (Lipinski definition) is 3. The molecule has 4 nitrogen and oxygen atoms in total. The highest BCUT2D eigenvalue weighted by Crippen LogP contribution is 2.27. The molecular weight excluding hydrogens is 170 g/mol. The first-order valence-corrected chi connectivity index (χ1v) is 3.91. The van der Waals surface area contributed by atoms with Crippen LogP contribution in [0.1, 0.15) is 22.8 Å². The SMILES string of the molecule is CCc1cc(C(N)=O)c(O)cc1O. The van der Waals surface area contributed by atoms with Crippen LogP contribution in [0.5, 0.6) is 11.5 Å². The lowest BCUT2D eigenvalue weighted by Gasteiger charge is -2.05. The zero-order valence-corrected chi connectivity index (χ0v) is 7.24. The third kappa shape index (κ3) is 1.72. The van der Waals surface area contributed by atoms with Gasteiger partial charge in [0.05, 0.1) is 5.56 Å². The minimum absolute atomic E-state index is 0.0231. The Morgan fingerprint density at radius 1 is 1.38 bits per heavy atom. The summed E-state index contributed by atoms with van der Waals surface area (Å²) in [7, 11) is 0. The van der Waals surface area contributed by atoms with E-state index in [-0.39, 0.29) is 17.1 Å². The molecule has 0 radical (unpaired) electrons. The Hall–Kier alpha value is -1.71. The number of benzene rings is 1. The number of rotatable bonds is 2. The maximum atomic E-state index is 10.8. The maximum Gasteiger partial charge on any atom is 0.252 e. The number of nitrogens with two attached hydrogens (primary N) is 1. The predicted molar refractivity (Wildman–Crippen MR) is 47.7 cm³/mol. The van der Waals surface area contributed by atoms with Crippen LogP contribution in [-0.2, 0) is 6.42 Å². The number of carbonyl (C=O) groups is 1. The maximum absolute atomic E-state index is 10.8. The lowest BCUT2D eigenvalue weighted by Crippen LogP contribution is -2.11. The molecule has 1 aromatic carbocycles. The van der Waals surface area contributed by atoms with E-state index in [1.165, 1.54) is 6.07 Å². The van der Waals surface area contributed by atoms with Crippen LogP contribution in [0.4, 0.5) is 0 Å². The van der Waals surface area contributed by atoms with E-state index in [2.05, 4.69) is 0 Å². The van der Waals surface area contributed by atoms with E-state index in [1.807, 2.05) is 6.92 Å². The summed E-state index contributed by atoms with van der Waals surface area (Å²) in [5, 5.41) is 18.5. The van der Waals surface area contributed by atoms with Gasteiger partial charge in [0.25, 0.3) is 5.91 Å². The highest BCUT2D eigenvalue weighted by atomic mass is 16.3. The average molecular weight is 181 g/mol. The molecule has 1 rings (SSSR count). The topological polar surface area (TPSA) is 83.6 Å². The minimum atomic E-state index is -0.702. The number of phenols is 2. The third-order valence-corrected chi connectivity index (χ3v) is 1.84. The molecule has 1 aromatic rings. The van der Waals surface area contributed by atoms with Crippen LogP contribution in [0.25, 0.3) is 0 Å². The molecule has 0 bridgehead atoms. The molecule has 0 atom stereocenters. The van der Waals surface area contributed by atoms with Crippen molar-refractivity contribution in [3.05, 3.63) is 23.3 Å². The zero-order valence-electron chi connectivity index (χ0n) is 7.24. The number of amides is 1. The van der Waals surface area contributed by atoms with Gasteiger partial charge in [-0.3, -0.25) is 4.79 Å². The summed E-state index contributed by atoms with van der Waals surface area (Å²) in [6.07, 6.45) is 0.576. The molecule has 0 heterocycles. The van der Waals surface area contributed by atoms with Gasteiger partial charge in [-0.25, -0.2) is 0 Å². The molecule has 0 saturated heterocycles. The van der Waals surface area contributed by atoms with Crippen LogP contribution >= 0.6 is 0 Å². The monoisotopic (exact) mass is 181 g/mol. The summed E-state index contributed by atoms with van der Waals surface area (Å²) in [6.45, 7) is 1.83. The van der Waals surface area contributed by atoms with Gasteiger partial charge in [-0.15, -0.1) is 0 Å². The van der Waals surface area contributed by atoms with Crippen molar-refractivity contribution in [2.75, 3.05) is 0 Å². The Morgan fingerprint density at radius 3 is 2.46 bits per heavy atom. The average Bonchev–Trinajstić information content (AvgIpc) is 2.03. The van der Waals surface area contributed by atoms with Crippen molar-refractivity contribution >= 4 is 5.91 Å². The first kappa shape index (κ1) is 9.38. The van der Waals surface area contributed by atoms with Crippen LogP contribution in [0.3, 0.4) is 0 Å². The molecule has 4 heteroatoms. The highest BCUT2D eigenvalue weighted by molar-refractivity contribution is 5.96. The molecule has 0 aliphatic carbocycles. The van der Waals surface area contributed by atoms with E-state index in [4.69, 9.17) is 5.73 Å². The van der Waals surface area contributed by atoms with Gasteiger partial charge in [-0.05, 0) is 18.1 Å². The molecule has 1 amide bonds. The van der Waals surface area contributed by atoms with Crippen LogP contribution in [-0.4, -0.2) is 16.1 Å². The zero-order chi connectivity index (χ0) is 10.0. The number of primary amides is 1. The molecule has 0 saturated carbocycles. The summed E-state index contributed by atoms with van der Waals surface area (Å²) >= 11 is 0. The van der Waals surface area contributed by atoms with Gasteiger partial charge in [0.1, 0.15) is 11.5 Å². The third-order valence-electron chi connectivity index (χ3n) is 1.84. The van der Waals surface area contributed by atoms with Gasteiger partial charge in [-0.1, -0.05) is 6.92 Å². The highest BCUT2D eigenvalue weighted by Gasteiger charge is 2.11. The molecule has 0 aliphatic heterocycles. The van der Waals surface area contributed by atoms with Gasteiger partial charge in [0, 0.05) is 6.07 Å². The number of carbonyl (C=O) groups excluding carboxylic acids is 1. The van der Waals surface area contributed by atoms with Gasteiger partial charge in [0.15, 0.2) is 0 Å². The Labute approximate surface area is 75.6 Å². The molecule has 0 unspecified atom stereocenters. The van der Waals surface area contributed by atoms with Gasteiger partial charge < -0.3 is 15.9 Å². The Bertz CT molecular complexity index is 347. The molecule has 0 spiro atoms. The van der Waals surface area contributed by atoms with Crippen LogP contribution in [0.2, 0.25) is 0 Å². The summed E-state index contributed by atoms with van der Waals surface area (Å²) < 4.78 is 0. The van der Waals surface area contributed by atoms with Gasteiger partial charge in [0.2, 0.25) is 0 Å². The molecule has 0 aromatic heterocycles. The van der Waals surface area contributed by atoms with E-state index in [9.17, 15) is 15.0 Å². The fourth-order valence-corrected chi connectivity index (χ4v) is 1.10. The van der Waals surface area contributed by atoms with Crippen LogP contribution in [0, 0.1) is 0 Å². The molecule has 70 valence electrons. The fraction of sp³-hybridized carbons (Fsp3) is 0.222. The van der Waals surface area contributed by atoms with Crippen molar-refractivity contribution in [2.24, 2.45) is 5.73 Å². The quantitative estimate of drug-likeness (QED) is 0.629. The molecule has 0 aliphatic rings. The minimum Gasteiger partial charge on any atom is -0.508 e. The van der Waals surface area contributed by atoms with Gasteiger partial charge in [-0.2, -0.15) is 0 Å². The van der Waals surface area contributed by atoms with E-state index < -0.39 is 5.91 Å². The largest absolute Gasteiger partial charge is 0.508 e. The van der Waals surface area contributed by atoms with Gasteiger partial charge >= 0.3 is 0 Å². The van der Waals surface area contributed by atoms with Crippen molar-refractivity contribution in [2.45, 2.75) is 13.3 Å². The van der Waals surface area contributed by atoms with E-state index in [0.29, 0.717) is 12.0 Å². The van der Waals surface area contributed by atoms with Crippen LogP contribution in [0.15, 0.2) is 12.1 Å². The second-order valence-electron chi connectivity index (χ2n) is 2.72. The summed E-state index contributed by atoms with van der Waals surface area (Å²) in [5.74, 6) is -1.01. The van der Waals surface area contributed by atoms with Crippen LogP contribution < -0.4 is 5.73 Å². The van der Waals surface area contributed by atoms with E-state index in [1.54, 1.807) is 0 Å². The standard InChI is InChI=1S/C9H11NO3/c1-2-5-3-6(9(10)13)8(12)4-7(5)11/h3-4,11-12H,2H2,1H3,(H2,10,13). The molecule has 13 heavy (non-hydrogen) atoms. The van der Waals surface area contributed by atoms with Crippen molar-refractivity contribution in [1.82, 2.24) is 0 Å². The second kappa shape index (κ2) is 3.35. The summed E-state index contributed by atoms with van der Waals surface area (Å²) in [4.78, 5) is 10.8. The fourth-order valence-electron chi connectivity index (χ4n) is 1.10. The lowest BCUT2D eigenvalue weighted by molar-refractivity contribution is 0.0997. The van der Waals surface area contributed by atoms with E-state index >= 15 is 0 Å². The first-order chi connectivity index (χ1) is 6.06. The Balaban J connectivity index is 3.30. The summed E-state index contributed by atoms with van der Waals surface area (Å²) in [6, 6.07) is 2.52. The van der Waals surface area contributed by atoms with Crippen molar-refractivity contribution in [3.63, 3.8) is 0 Å².